The molecule has 1 heterocycles. The minimum Gasteiger partial charge on any atom is -0.332 e. The fourth-order valence-electron chi connectivity index (χ4n) is 1.11. The first-order chi connectivity index (χ1) is 6.40. The number of nitrogens with one attached hydrogen (secondary N) is 1. The second-order valence-electron chi connectivity index (χ2n) is 2.61. The fourth-order valence-corrected chi connectivity index (χ4v) is 1.26. The molecule has 0 bridgehead atoms. The Morgan fingerprint density at radius 3 is 2.54 bits per heavy atom. The van der Waals surface area contributed by atoms with Gasteiger partial charge in [-0.15, -0.1) is 0 Å². The second-order valence-corrected chi connectivity index (χ2v) is 2.83. The van der Waals surface area contributed by atoms with Crippen LogP contribution in [0.5, 0.6) is 0 Å². The highest BCUT2D eigenvalue weighted by Gasteiger charge is 1.94. The van der Waals surface area contributed by atoms with Crippen LogP contribution in [0.1, 0.15) is 0 Å². The van der Waals surface area contributed by atoms with Crippen molar-refractivity contribution >= 4 is 18.5 Å². The molecule has 0 saturated heterocycles. The average Bonchev–Trinajstić information content (AvgIpc) is 2.71. The van der Waals surface area contributed by atoms with Crippen molar-refractivity contribution in [1.29, 1.82) is 0 Å². The summed E-state index contributed by atoms with van der Waals surface area (Å²) in [4.78, 5) is 0. The SMILES string of the molecule is SNc1ccc(-n2cccn2)cc1. The summed E-state index contributed by atoms with van der Waals surface area (Å²) in [6.45, 7) is 0. The Bertz CT molecular complexity index is 366. The van der Waals surface area contributed by atoms with Gasteiger partial charge in [0.15, 0.2) is 0 Å². The third kappa shape index (κ3) is 1.67. The van der Waals surface area contributed by atoms with E-state index in [9.17, 15) is 0 Å². The van der Waals surface area contributed by atoms with Gasteiger partial charge >= 0.3 is 0 Å². The molecule has 1 aromatic heterocycles. The van der Waals surface area contributed by atoms with Crippen LogP contribution in [0.25, 0.3) is 5.69 Å². The molecular weight excluding hydrogens is 182 g/mol. The highest BCUT2D eigenvalue weighted by Crippen LogP contribution is 2.12. The van der Waals surface area contributed by atoms with Crippen LogP contribution in [0.2, 0.25) is 0 Å². The highest BCUT2D eigenvalue weighted by atomic mass is 32.1. The average molecular weight is 191 g/mol. The number of hydrogen-bond donors (Lipinski definition) is 2. The lowest BCUT2D eigenvalue weighted by atomic mass is 10.3. The Hall–Kier alpha value is -1.42. The van der Waals surface area contributed by atoms with E-state index in [0.717, 1.165) is 11.4 Å². The maximum atomic E-state index is 4.12. The second kappa shape index (κ2) is 3.53. The van der Waals surface area contributed by atoms with E-state index < -0.39 is 0 Å². The Balaban J connectivity index is 2.33. The van der Waals surface area contributed by atoms with Crippen molar-refractivity contribution in [3.05, 3.63) is 42.7 Å². The molecule has 0 fully saturated rings. The first kappa shape index (κ1) is 8.19. The lowest BCUT2D eigenvalue weighted by Gasteiger charge is -2.02. The molecule has 2 rings (SSSR count). The zero-order valence-corrected chi connectivity index (χ0v) is 7.78. The molecule has 66 valence electrons. The van der Waals surface area contributed by atoms with Crippen LogP contribution >= 0.6 is 12.8 Å². The lowest BCUT2D eigenvalue weighted by Crippen LogP contribution is -1.93. The first-order valence-electron chi connectivity index (χ1n) is 3.90. The molecule has 13 heavy (non-hydrogen) atoms. The summed E-state index contributed by atoms with van der Waals surface area (Å²) in [5, 5.41) is 4.12. The van der Waals surface area contributed by atoms with E-state index in [1.165, 1.54) is 0 Å². The van der Waals surface area contributed by atoms with Crippen molar-refractivity contribution in [3.63, 3.8) is 0 Å². The van der Waals surface area contributed by atoms with Crippen LogP contribution in [-0.2, 0) is 0 Å². The predicted octanol–water partition coefficient (Wildman–Crippen LogP) is 2.13. The van der Waals surface area contributed by atoms with Crippen LogP contribution in [0, 0.1) is 0 Å². The maximum absolute atomic E-state index is 4.12. The van der Waals surface area contributed by atoms with Gasteiger partial charge in [0.2, 0.25) is 0 Å². The van der Waals surface area contributed by atoms with Gasteiger partial charge in [-0.25, -0.2) is 4.68 Å². The van der Waals surface area contributed by atoms with E-state index in [4.69, 9.17) is 0 Å². The van der Waals surface area contributed by atoms with Crippen LogP contribution in [0.4, 0.5) is 5.69 Å². The molecule has 0 saturated carbocycles. The topological polar surface area (TPSA) is 29.9 Å². The molecule has 4 heteroatoms. The van der Waals surface area contributed by atoms with E-state index >= 15 is 0 Å². The number of aromatic nitrogens is 2. The van der Waals surface area contributed by atoms with Crippen molar-refractivity contribution in [2.24, 2.45) is 0 Å². The molecule has 0 radical (unpaired) electrons. The van der Waals surface area contributed by atoms with E-state index in [1.807, 2.05) is 41.2 Å². The van der Waals surface area contributed by atoms with Crippen molar-refractivity contribution in [2.75, 3.05) is 4.72 Å². The van der Waals surface area contributed by atoms with Crippen LogP contribution in [0.15, 0.2) is 42.7 Å². The van der Waals surface area contributed by atoms with Gasteiger partial charge < -0.3 is 4.72 Å². The van der Waals surface area contributed by atoms with Gasteiger partial charge in [0.1, 0.15) is 0 Å². The maximum Gasteiger partial charge on any atom is 0.0647 e. The van der Waals surface area contributed by atoms with E-state index in [2.05, 4.69) is 22.6 Å². The van der Waals surface area contributed by atoms with Crippen LogP contribution in [-0.4, -0.2) is 9.78 Å². The molecule has 2 aromatic rings. The molecule has 0 spiro atoms. The summed E-state index contributed by atoms with van der Waals surface area (Å²) in [6.07, 6.45) is 3.66. The van der Waals surface area contributed by atoms with Crippen LogP contribution < -0.4 is 4.72 Å². The van der Waals surface area contributed by atoms with Crippen molar-refractivity contribution in [2.45, 2.75) is 0 Å². The van der Waals surface area contributed by atoms with Gasteiger partial charge in [0.05, 0.1) is 5.69 Å². The Labute approximate surface area is 81.9 Å². The summed E-state index contributed by atoms with van der Waals surface area (Å²) < 4.78 is 4.57. The number of thiol groups is 1. The Morgan fingerprint density at radius 1 is 1.23 bits per heavy atom. The smallest absolute Gasteiger partial charge is 0.0647 e. The number of anilines is 1. The number of rotatable bonds is 2. The van der Waals surface area contributed by atoms with Gasteiger partial charge in [-0.1, -0.05) is 12.8 Å². The summed E-state index contributed by atoms with van der Waals surface area (Å²) in [7, 11) is 0. The van der Waals surface area contributed by atoms with Gasteiger partial charge in [0, 0.05) is 18.1 Å². The third-order valence-electron chi connectivity index (χ3n) is 1.77. The van der Waals surface area contributed by atoms with Gasteiger partial charge in [0.25, 0.3) is 0 Å². The normalized spacial score (nSPS) is 9.92. The van der Waals surface area contributed by atoms with Crippen molar-refractivity contribution in [1.82, 2.24) is 9.78 Å². The predicted molar refractivity (Wildman–Crippen MR) is 56.2 cm³/mol. The quantitative estimate of drug-likeness (QED) is 0.712. The minimum absolute atomic E-state index is 0.972. The molecule has 0 amide bonds. The zero-order valence-electron chi connectivity index (χ0n) is 6.88. The van der Waals surface area contributed by atoms with E-state index in [-0.39, 0.29) is 0 Å². The summed E-state index contributed by atoms with van der Waals surface area (Å²) >= 11 is 3.95. The first-order valence-corrected chi connectivity index (χ1v) is 4.35. The Morgan fingerprint density at radius 2 is 2.00 bits per heavy atom. The number of hydrogen-bond acceptors (Lipinski definition) is 3. The fraction of sp³-hybridized carbons (Fsp3) is 0. The van der Waals surface area contributed by atoms with E-state index in [0.29, 0.717) is 0 Å². The zero-order chi connectivity index (χ0) is 9.10. The number of benzene rings is 1. The van der Waals surface area contributed by atoms with Crippen molar-refractivity contribution < 1.29 is 0 Å². The molecular formula is C9H9N3S. The molecule has 0 aliphatic rings. The van der Waals surface area contributed by atoms with Gasteiger partial charge in [-0.2, -0.15) is 5.10 Å². The number of nitrogens with zero attached hydrogens (tertiary/aromatic N) is 2. The minimum atomic E-state index is 0.972. The highest BCUT2D eigenvalue weighted by molar-refractivity contribution is 7.81. The standard InChI is InChI=1S/C9H9N3S/c13-11-8-2-4-9(5-3-8)12-7-1-6-10-12/h1-7,11,13H. The molecule has 0 aliphatic heterocycles. The van der Waals surface area contributed by atoms with Crippen LogP contribution in [0.3, 0.4) is 0 Å². The van der Waals surface area contributed by atoms with Gasteiger partial charge in [-0.05, 0) is 30.3 Å². The lowest BCUT2D eigenvalue weighted by molar-refractivity contribution is 0.881. The molecule has 1 N–H and O–H groups in total. The van der Waals surface area contributed by atoms with Gasteiger partial charge in [-0.3, -0.25) is 0 Å². The third-order valence-corrected chi connectivity index (χ3v) is 2.02. The molecule has 0 aliphatic carbocycles. The molecule has 0 unspecified atom stereocenters. The molecule has 0 atom stereocenters. The molecule has 3 nitrogen and oxygen atoms in total. The summed E-state index contributed by atoms with van der Waals surface area (Å²) in [6, 6.07) is 9.75. The largest absolute Gasteiger partial charge is 0.332 e. The summed E-state index contributed by atoms with van der Waals surface area (Å²) in [5.74, 6) is 0. The van der Waals surface area contributed by atoms with Crippen molar-refractivity contribution in [3.8, 4) is 5.69 Å². The Kier molecular flexibility index (Phi) is 2.23. The summed E-state index contributed by atoms with van der Waals surface area (Å²) in [5.41, 5.74) is 2.01. The van der Waals surface area contributed by atoms with E-state index in [1.54, 1.807) is 6.20 Å². The monoisotopic (exact) mass is 191 g/mol. The molecule has 1 aromatic carbocycles.